The van der Waals surface area contributed by atoms with Crippen LogP contribution >= 0.6 is 0 Å². The largest absolute Gasteiger partial charge is 0.295 e. The first-order chi connectivity index (χ1) is 9.09. The van der Waals surface area contributed by atoms with Gasteiger partial charge in [0, 0.05) is 5.56 Å². The van der Waals surface area contributed by atoms with Gasteiger partial charge in [0.2, 0.25) is 0 Å². The summed E-state index contributed by atoms with van der Waals surface area (Å²) in [7, 11) is 0. The molecular formula is C18H22O. The van der Waals surface area contributed by atoms with Crippen LogP contribution in [0.25, 0.3) is 11.1 Å². The summed E-state index contributed by atoms with van der Waals surface area (Å²) in [6.07, 6.45) is 0. The average Bonchev–Trinajstić information content (AvgIpc) is 2.44. The van der Waals surface area contributed by atoms with Crippen LogP contribution in [-0.2, 0) is 0 Å². The highest BCUT2D eigenvalue weighted by Crippen LogP contribution is 2.25. The van der Waals surface area contributed by atoms with Gasteiger partial charge in [-0.2, -0.15) is 0 Å². The van der Waals surface area contributed by atoms with Crippen LogP contribution in [0.2, 0.25) is 0 Å². The molecule has 0 fully saturated rings. The minimum atomic E-state index is 0.109. The van der Waals surface area contributed by atoms with E-state index < -0.39 is 0 Å². The van der Waals surface area contributed by atoms with Gasteiger partial charge in [-0.05, 0) is 43.0 Å². The van der Waals surface area contributed by atoms with Crippen molar-refractivity contribution in [3.05, 3.63) is 59.2 Å². The van der Waals surface area contributed by atoms with Crippen molar-refractivity contribution in [1.29, 1.82) is 0 Å². The van der Waals surface area contributed by atoms with Gasteiger partial charge in [0.1, 0.15) is 0 Å². The Labute approximate surface area is 116 Å². The van der Waals surface area contributed by atoms with Crippen LogP contribution in [-0.4, -0.2) is 5.78 Å². The number of benzene rings is 2. The maximum Gasteiger partial charge on any atom is 0.159 e. The molecule has 2 aromatic carbocycles. The van der Waals surface area contributed by atoms with Gasteiger partial charge in [-0.25, -0.2) is 0 Å². The number of Topliss-reactive ketones (excluding diaryl/α,β-unsaturated/α-hetero) is 1. The van der Waals surface area contributed by atoms with Crippen molar-refractivity contribution < 1.29 is 4.79 Å². The number of hydrogen-bond acceptors (Lipinski definition) is 1. The fourth-order valence-electron chi connectivity index (χ4n) is 1.95. The lowest BCUT2D eigenvalue weighted by atomic mass is 9.96. The van der Waals surface area contributed by atoms with E-state index in [0.29, 0.717) is 0 Å². The fraction of sp³-hybridized carbons (Fsp3) is 0.278. The summed E-state index contributed by atoms with van der Waals surface area (Å²) in [6, 6.07) is 14.1. The molecule has 0 bridgehead atoms. The van der Waals surface area contributed by atoms with Crippen molar-refractivity contribution in [1.82, 2.24) is 0 Å². The predicted molar refractivity (Wildman–Crippen MR) is 82.7 cm³/mol. The topological polar surface area (TPSA) is 17.1 Å². The second-order valence-electron chi connectivity index (χ2n) is 4.38. The van der Waals surface area contributed by atoms with Crippen molar-refractivity contribution in [2.75, 3.05) is 0 Å². The van der Waals surface area contributed by atoms with E-state index in [0.717, 1.165) is 11.1 Å². The highest BCUT2D eigenvalue weighted by molar-refractivity contribution is 5.94. The number of carbonyl (C=O) groups excluding carboxylic acids is 1. The Morgan fingerprint density at radius 1 is 0.895 bits per heavy atom. The van der Waals surface area contributed by atoms with Crippen molar-refractivity contribution >= 4 is 5.78 Å². The van der Waals surface area contributed by atoms with Crippen LogP contribution < -0.4 is 0 Å². The van der Waals surface area contributed by atoms with Gasteiger partial charge < -0.3 is 0 Å². The highest BCUT2D eigenvalue weighted by Gasteiger charge is 2.04. The van der Waals surface area contributed by atoms with Gasteiger partial charge in [0.15, 0.2) is 5.78 Å². The molecule has 19 heavy (non-hydrogen) atoms. The summed E-state index contributed by atoms with van der Waals surface area (Å²) in [4.78, 5) is 11.2. The van der Waals surface area contributed by atoms with Crippen LogP contribution in [0.15, 0.2) is 42.5 Å². The minimum Gasteiger partial charge on any atom is -0.295 e. The molecule has 0 aliphatic carbocycles. The van der Waals surface area contributed by atoms with E-state index in [1.807, 2.05) is 38.1 Å². The molecule has 2 rings (SSSR count). The van der Waals surface area contributed by atoms with E-state index in [2.05, 4.69) is 32.0 Å². The van der Waals surface area contributed by atoms with Crippen LogP contribution in [0.5, 0.6) is 0 Å². The molecule has 0 unspecified atom stereocenters. The number of aryl methyl sites for hydroxylation is 1. The first-order valence-corrected chi connectivity index (χ1v) is 6.77. The van der Waals surface area contributed by atoms with E-state index in [9.17, 15) is 4.79 Å². The second kappa shape index (κ2) is 6.89. The maximum absolute atomic E-state index is 11.2. The van der Waals surface area contributed by atoms with E-state index in [1.165, 1.54) is 16.7 Å². The van der Waals surface area contributed by atoms with Crippen LogP contribution in [0.1, 0.15) is 42.3 Å². The van der Waals surface area contributed by atoms with Crippen molar-refractivity contribution in [3.8, 4) is 11.1 Å². The number of hydrogen-bond donors (Lipinski definition) is 0. The fourth-order valence-corrected chi connectivity index (χ4v) is 1.95. The summed E-state index contributed by atoms with van der Waals surface area (Å²) in [5.41, 5.74) is 5.75. The molecule has 0 radical (unpaired) electrons. The van der Waals surface area contributed by atoms with Gasteiger partial charge in [0.25, 0.3) is 0 Å². The molecule has 0 saturated heterocycles. The van der Waals surface area contributed by atoms with Crippen LogP contribution in [0, 0.1) is 13.8 Å². The summed E-state index contributed by atoms with van der Waals surface area (Å²) in [5, 5.41) is 0. The third-order valence-corrected chi connectivity index (χ3v) is 3.21. The maximum atomic E-state index is 11.2. The number of carbonyl (C=O) groups is 1. The SMILES string of the molecule is CC.CC(=O)c1ccc(-c2cccc(C)c2C)cc1. The van der Waals surface area contributed by atoms with Crippen molar-refractivity contribution in [2.45, 2.75) is 34.6 Å². The van der Waals surface area contributed by atoms with E-state index in [1.54, 1.807) is 6.92 Å². The van der Waals surface area contributed by atoms with E-state index >= 15 is 0 Å². The summed E-state index contributed by atoms with van der Waals surface area (Å²) in [5.74, 6) is 0.109. The zero-order chi connectivity index (χ0) is 14.4. The van der Waals surface area contributed by atoms with Crippen LogP contribution in [0.4, 0.5) is 0 Å². The normalized spacial score (nSPS) is 9.53. The lowest BCUT2D eigenvalue weighted by Gasteiger charge is -2.09. The summed E-state index contributed by atoms with van der Waals surface area (Å²) < 4.78 is 0. The van der Waals surface area contributed by atoms with Gasteiger partial charge >= 0.3 is 0 Å². The smallest absolute Gasteiger partial charge is 0.159 e. The standard InChI is InChI=1S/C16H16O.C2H6/c1-11-5-4-6-16(12(11)2)15-9-7-14(8-10-15)13(3)17;1-2/h4-10H,1-3H3;1-2H3. The lowest BCUT2D eigenvalue weighted by molar-refractivity contribution is 0.101. The number of ketones is 1. The molecule has 0 atom stereocenters. The van der Waals surface area contributed by atoms with Gasteiger partial charge in [-0.3, -0.25) is 4.79 Å². The Morgan fingerprint density at radius 2 is 1.47 bits per heavy atom. The second-order valence-corrected chi connectivity index (χ2v) is 4.38. The van der Waals surface area contributed by atoms with Crippen molar-refractivity contribution in [2.24, 2.45) is 0 Å². The monoisotopic (exact) mass is 254 g/mol. The lowest BCUT2D eigenvalue weighted by Crippen LogP contribution is -1.92. The molecule has 0 spiro atoms. The molecule has 0 amide bonds. The third-order valence-electron chi connectivity index (χ3n) is 3.21. The van der Waals surface area contributed by atoms with Gasteiger partial charge in [0.05, 0.1) is 0 Å². The van der Waals surface area contributed by atoms with E-state index in [-0.39, 0.29) is 5.78 Å². The zero-order valence-electron chi connectivity index (χ0n) is 12.4. The molecule has 0 aliphatic rings. The Morgan fingerprint density at radius 3 is 2.00 bits per heavy atom. The Hall–Kier alpha value is -1.89. The molecule has 0 aromatic heterocycles. The molecule has 100 valence electrons. The van der Waals surface area contributed by atoms with Gasteiger partial charge in [-0.15, -0.1) is 0 Å². The molecule has 2 aromatic rings. The molecule has 1 heteroatoms. The first-order valence-electron chi connectivity index (χ1n) is 6.77. The molecule has 0 saturated carbocycles. The van der Waals surface area contributed by atoms with E-state index in [4.69, 9.17) is 0 Å². The quantitative estimate of drug-likeness (QED) is 0.673. The van der Waals surface area contributed by atoms with Gasteiger partial charge in [-0.1, -0.05) is 56.3 Å². The number of rotatable bonds is 2. The molecule has 0 N–H and O–H groups in total. The highest BCUT2D eigenvalue weighted by atomic mass is 16.1. The molecular weight excluding hydrogens is 232 g/mol. The average molecular weight is 254 g/mol. The summed E-state index contributed by atoms with van der Waals surface area (Å²) in [6.45, 7) is 9.83. The summed E-state index contributed by atoms with van der Waals surface area (Å²) >= 11 is 0. The minimum absolute atomic E-state index is 0.109. The first kappa shape index (κ1) is 15.2. The van der Waals surface area contributed by atoms with Crippen molar-refractivity contribution in [3.63, 3.8) is 0 Å². The Balaban J connectivity index is 0.000000861. The zero-order valence-corrected chi connectivity index (χ0v) is 12.4. The Bertz CT molecular complexity index is 550. The molecule has 0 heterocycles. The third kappa shape index (κ3) is 3.54. The molecule has 1 nitrogen and oxygen atoms in total. The molecule has 0 aliphatic heterocycles. The Kier molecular flexibility index (Phi) is 5.50. The van der Waals surface area contributed by atoms with Crippen LogP contribution in [0.3, 0.4) is 0 Å². The predicted octanol–water partition coefficient (Wildman–Crippen LogP) is 5.20.